The van der Waals surface area contributed by atoms with E-state index in [2.05, 4.69) is 0 Å². The number of carbonyl (C=O) groups is 5. The number of ketones is 1. The van der Waals surface area contributed by atoms with Gasteiger partial charge in [0, 0.05) is 41.7 Å². The van der Waals surface area contributed by atoms with E-state index in [0.29, 0.717) is 36.4 Å². The summed E-state index contributed by atoms with van der Waals surface area (Å²) in [4.78, 5) is 68.1. The van der Waals surface area contributed by atoms with E-state index in [-0.39, 0.29) is 0 Å². The van der Waals surface area contributed by atoms with Gasteiger partial charge in [0.2, 0.25) is 17.2 Å². The van der Waals surface area contributed by atoms with E-state index in [1.54, 1.807) is 0 Å². The van der Waals surface area contributed by atoms with Crippen molar-refractivity contribution < 1.29 is 129 Å². The van der Waals surface area contributed by atoms with Crippen LogP contribution in [0.4, 0.5) is 0 Å². The number of aliphatic hydroxyl groups excluding tert-OH is 4. The van der Waals surface area contributed by atoms with Crippen LogP contribution in [-0.4, -0.2) is 143 Å². The summed E-state index contributed by atoms with van der Waals surface area (Å²) in [6.07, 6.45) is -10.7. The van der Waals surface area contributed by atoms with Crippen molar-refractivity contribution in [2.24, 2.45) is 11.8 Å². The fraction of sp³-hybridized carbons (Fsp3) is 0.214. The number of hydrogen-bond acceptors (Lipinski definition) is 25. The predicted octanol–water partition coefficient (Wildman–Crippen LogP) is 2.47. The van der Waals surface area contributed by atoms with Gasteiger partial charge in [-0.05, 0) is 24.3 Å². The zero-order valence-corrected chi connectivity index (χ0v) is 33.8. The van der Waals surface area contributed by atoms with Crippen LogP contribution in [0.25, 0.3) is 5.57 Å². The molecular weight excluding hydrogens is 920 g/mol. The fourth-order valence-electron chi connectivity index (χ4n) is 7.55. The van der Waals surface area contributed by atoms with Crippen LogP contribution in [0.5, 0.6) is 74.7 Å². The van der Waals surface area contributed by atoms with Crippen molar-refractivity contribution in [3.8, 4) is 74.7 Å². The third-order valence-corrected chi connectivity index (χ3v) is 10.9. The highest BCUT2D eigenvalue weighted by Crippen LogP contribution is 2.53. The lowest BCUT2D eigenvalue weighted by Gasteiger charge is -2.43. The average molecular weight is 955 g/mol. The van der Waals surface area contributed by atoms with Crippen LogP contribution in [0.3, 0.4) is 0 Å². The van der Waals surface area contributed by atoms with Gasteiger partial charge in [0.1, 0.15) is 30.1 Å². The van der Waals surface area contributed by atoms with Crippen LogP contribution in [-0.2, 0) is 23.7 Å². The molecule has 3 aliphatic rings. The molecule has 0 radical (unpaired) electrons. The first-order valence-electron chi connectivity index (χ1n) is 19.2. The number of rotatable bonds is 8. The number of aromatic carboxylic acids is 1. The Labute approximate surface area is 376 Å². The smallest absolute Gasteiger partial charge is 0.339 e. The molecule has 0 saturated carbocycles. The number of aliphatic hydroxyl groups is 4. The lowest BCUT2D eigenvalue weighted by Crippen LogP contribution is -2.59. The minimum Gasteiger partial charge on any atom is -0.508 e. The van der Waals surface area contributed by atoms with Crippen LogP contribution >= 0.6 is 0 Å². The topological polar surface area (TPSA) is 455 Å². The number of carboxylic acid groups (broad SMARTS) is 1. The summed E-state index contributed by atoms with van der Waals surface area (Å²) in [5, 5.41) is 167. The molecule has 0 bridgehead atoms. The fourth-order valence-corrected chi connectivity index (χ4v) is 7.55. The molecule has 0 amide bonds. The molecule has 1 unspecified atom stereocenters. The molecule has 7 rings (SSSR count). The largest absolute Gasteiger partial charge is 0.508 e. The van der Waals surface area contributed by atoms with Crippen LogP contribution in [0, 0.1) is 11.8 Å². The molecule has 26 nitrogen and oxygen atoms in total. The quantitative estimate of drug-likeness (QED) is 0.0522. The minimum atomic E-state index is -2.30. The second-order valence-corrected chi connectivity index (χ2v) is 15.1. The van der Waals surface area contributed by atoms with Gasteiger partial charge < -0.3 is 105 Å². The Bertz CT molecular complexity index is 2870. The molecule has 68 heavy (non-hydrogen) atoms. The highest BCUT2D eigenvalue weighted by Gasteiger charge is 2.53. The molecule has 6 atom stereocenters. The van der Waals surface area contributed by atoms with E-state index in [1.807, 2.05) is 0 Å². The average Bonchev–Trinajstić information content (AvgIpc) is 3.29. The maximum Gasteiger partial charge on any atom is 0.339 e. The first-order chi connectivity index (χ1) is 31.9. The molecule has 4 aromatic carbocycles. The molecule has 358 valence electrons. The number of ether oxygens (including phenoxy) is 5. The molecule has 1 aliphatic carbocycles. The molecule has 2 heterocycles. The number of esters is 3. The van der Waals surface area contributed by atoms with Gasteiger partial charge in [0.15, 0.2) is 87.2 Å². The Hall–Kier alpha value is -9.17. The summed E-state index contributed by atoms with van der Waals surface area (Å²) in [6.45, 7) is -1.18. The van der Waals surface area contributed by atoms with Gasteiger partial charge in [-0.2, -0.15) is 0 Å². The minimum absolute atomic E-state index is 0.410. The lowest BCUT2D eigenvalue weighted by molar-refractivity contribution is -0.273. The summed E-state index contributed by atoms with van der Waals surface area (Å²) in [5.74, 6) is -31.2. The van der Waals surface area contributed by atoms with Crippen molar-refractivity contribution in [2.75, 3.05) is 6.61 Å². The molecule has 2 aliphatic heterocycles. The maximum absolute atomic E-state index is 14.5. The molecular formula is C42H34O26. The van der Waals surface area contributed by atoms with Gasteiger partial charge >= 0.3 is 23.9 Å². The summed E-state index contributed by atoms with van der Waals surface area (Å²) in [7, 11) is 0. The highest BCUT2D eigenvalue weighted by atomic mass is 16.7. The Morgan fingerprint density at radius 3 is 1.84 bits per heavy atom. The Morgan fingerprint density at radius 1 is 0.676 bits per heavy atom. The predicted molar refractivity (Wildman–Crippen MR) is 214 cm³/mol. The number of carboxylic acids is 1. The van der Waals surface area contributed by atoms with Gasteiger partial charge in [0.05, 0.1) is 23.0 Å². The third kappa shape index (κ3) is 8.11. The number of aromatic hydroxyl groups is 11. The second kappa shape index (κ2) is 17.3. The van der Waals surface area contributed by atoms with E-state index in [1.165, 1.54) is 0 Å². The van der Waals surface area contributed by atoms with Crippen LogP contribution < -0.4 is 4.74 Å². The molecule has 26 heteroatoms. The molecule has 0 aromatic heterocycles. The number of hydrogen-bond donors (Lipinski definition) is 16. The van der Waals surface area contributed by atoms with Crippen molar-refractivity contribution in [2.45, 2.75) is 37.4 Å². The molecule has 1 saturated heterocycles. The SMILES string of the molecule is O=C(C[C@H]1C(O)O[C@@H]2COC(=O)c3cc(Oc4c(C(=O)O)cc(O)c(O)c4O)c(O)c(O)c3C3=C(O)C(O)=C(O)C[C@H]3C(=O)O[C@H]2[C@@H]1OC(=O)c1cc(O)c(O)c(O)c1)c1cc(O)c(O)c(O)c1. The van der Waals surface area contributed by atoms with Crippen molar-refractivity contribution >= 4 is 35.2 Å². The number of Topliss-reactive ketones (excluding diaryl/α,β-unsaturated/α-hetero) is 1. The third-order valence-electron chi connectivity index (χ3n) is 10.9. The van der Waals surface area contributed by atoms with Crippen LogP contribution in [0.2, 0.25) is 0 Å². The van der Waals surface area contributed by atoms with Gasteiger partial charge in [-0.1, -0.05) is 0 Å². The number of benzene rings is 4. The molecule has 16 N–H and O–H groups in total. The van der Waals surface area contributed by atoms with E-state index in [9.17, 15) is 106 Å². The number of carbonyl (C=O) groups excluding carboxylic acids is 4. The lowest BCUT2D eigenvalue weighted by atomic mass is 9.81. The van der Waals surface area contributed by atoms with Gasteiger partial charge in [-0.25, -0.2) is 14.4 Å². The van der Waals surface area contributed by atoms with Crippen LogP contribution in [0.1, 0.15) is 59.8 Å². The number of allylic oxidation sites excluding steroid dienone is 1. The monoisotopic (exact) mass is 954 g/mol. The summed E-state index contributed by atoms with van der Waals surface area (Å²) < 4.78 is 27.8. The van der Waals surface area contributed by atoms with E-state index < -0.39 is 211 Å². The van der Waals surface area contributed by atoms with Gasteiger partial charge in [-0.15, -0.1) is 0 Å². The maximum atomic E-state index is 14.5. The van der Waals surface area contributed by atoms with Crippen molar-refractivity contribution in [3.05, 3.63) is 81.5 Å². The van der Waals surface area contributed by atoms with Crippen molar-refractivity contribution in [3.63, 3.8) is 0 Å². The molecule has 4 aromatic rings. The number of cyclic esters (lactones) is 1. The number of phenolic OH excluding ortho intramolecular Hbond substituents is 11. The van der Waals surface area contributed by atoms with Crippen LogP contribution in [0.15, 0.2) is 53.7 Å². The highest BCUT2D eigenvalue weighted by molar-refractivity contribution is 6.03. The Morgan fingerprint density at radius 2 is 1.25 bits per heavy atom. The van der Waals surface area contributed by atoms with E-state index in [0.717, 1.165) is 0 Å². The first-order valence-corrected chi connectivity index (χ1v) is 19.2. The number of phenols is 11. The van der Waals surface area contributed by atoms with Crippen molar-refractivity contribution in [1.29, 1.82) is 0 Å². The standard InChI is InChI=1S/C42H34O26/c43-16(10-1-17(44)27(50)18(45)2-10)7-15-36(67-39(60)11-3-19(46)28(51)20(47)4-11)37-24(66-42(15)63)9-64-40(61)13-8-23(65-35-14(38(58)59)6-22(49)30(53)34(35)57)31(54)33(56)26(13)25-12(41(62)68-37)5-21(48)29(52)32(25)55/h1-4,6,8,12,15,24,36-37,42,44-57,63H,5,7,9H2,(H,58,59)/t12-,15-,24-,36-,37-,42?/m1/s1. The zero-order chi connectivity index (χ0) is 50.0. The van der Waals surface area contributed by atoms with Gasteiger partial charge in [-0.3, -0.25) is 9.59 Å². The van der Waals surface area contributed by atoms with E-state index in [4.69, 9.17) is 23.7 Å². The van der Waals surface area contributed by atoms with E-state index >= 15 is 0 Å². The Kier molecular flexibility index (Phi) is 11.9. The van der Waals surface area contributed by atoms with Crippen molar-refractivity contribution in [1.82, 2.24) is 0 Å². The van der Waals surface area contributed by atoms with Gasteiger partial charge in [0.25, 0.3) is 0 Å². The number of fused-ring (bicyclic) bond motifs is 4. The molecule has 0 spiro atoms. The summed E-state index contributed by atoms with van der Waals surface area (Å²) in [6, 6.07) is 3.51. The summed E-state index contributed by atoms with van der Waals surface area (Å²) >= 11 is 0. The summed E-state index contributed by atoms with van der Waals surface area (Å²) in [5.41, 5.74) is -5.40. The molecule has 1 fully saturated rings. The second-order valence-electron chi connectivity index (χ2n) is 15.1. The first kappa shape index (κ1) is 46.8. The Balaban J connectivity index is 1.37. The normalized spacial score (nSPS) is 21.5. The zero-order valence-electron chi connectivity index (χ0n) is 33.8.